The van der Waals surface area contributed by atoms with E-state index >= 15 is 0 Å². The van der Waals surface area contributed by atoms with Gasteiger partial charge in [0.25, 0.3) is 0 Å². The van der Waals surface area contributed by atoms with Crippen molar-refractivity contribution >= 4 is 27.3 Å². The lowest BCUT2D eigenvalue weighted by Crippen LogP contribution is -2.44. The topological polar surface area (TPSA) is 54.5 Å². The minimum Gasteiger partial charge on any atom is -0.341 e. The molecule has 2 heterocycles. The predicted molar refractivity (Wildman–Crippen MR) is 66.8 cm³/mol. The number of alkyl halides is 1. The van der Waals surface area contributed by atoms with Crippen molar-refractivity contribution in [1.29, 1.82) is 0 Å². The van der Waals surface area contributed by atoms with E-state index in [0.29, 0.717) is 37.7 Å². The molecule has 0 aromatic carbocycles. The fourth-order valence-corrected chi connectivity index (χ4v) is 4.72. The summed E-state index contributed by atoms with van der Waals surface area (Å²) in [6.07, 6.45) is 2.91. The van der Waals surface area contributed by atoms with Crippen LogP contribution in [0.25, 0.3) is 0 Å². The number of sulfone groups is 1. The standard InChI is InChI=1S/C11H18ClNO3S/c12-7-9-4-5-13(8-9)11(14)10-3-1-2-6-17(10,15)16/h9-10H,1-8H2. The Balaban J connectivity index is 2.05. The number of carbonyl (C=O) groups is 1. The number of hydrogen-bond donors (Lipinski definition) is 0. The second-order valence-electron chi connectivity index (χ2n) is 4.94. The fraction of sp³-hybridized carbons (Fsp3) is 0.909. The van der Waals surface area contributed by atoms with Crippen LogP contribution in [-0.4, -0.2) is 49.2 Å². The quantitative estimate of drug-likeness (QED) is 0.710. The molecule has 1 amide bonds. The second-order valence-corrected chi connectivity index (χ2v) is 7.56. The van der Waals surface area contributed by atoms with Gasteiger partial charge in [0.1, 0.15) is 5.25 Å². The molecule has 2 rings (SSSR count). The Labute approximate surface area is 107 Å². The lowest BCUT2D eigenvalue weighted by molar-refractivity contribution is -0.130. The van der Waals surface area contributed by atoms with Gasteiger partial charge < -0.3 is 4.90 Å². The summed E-state index contributed by atoms with van der Waals surface area (Å²) in [6.45, 7) is 1.27. The Bertz CT molecular complexity index is 396. The second kappa shape index (κ2) is 5.14. The van der Waals surface area contributed by atoms with Crippen LogP contribution in [0.3, 0.4) is 0 Å². The van der Waals surface area contributed by atoms with Gasteiger partial charge in [0.05, 0.1) is 5.75 Å². The maximum atomic E-state index is 12.2. The van der Waals surface area contributed by atoms with Crippen molar-refractivity contribution in [3.8, 4) is 0 Å². The highest BCUT2D eigenvalue weighted by Gasteiger charge is 2.39. The third-order valence-electron chi connectivity index (χ3n) is 3.67. The van der Waals surface area contributed by atoms with Crippen molar-refractivity contribution in [2.75, 3.05) is 24.7 Å². The molecule has 0 aromatic heterocycles. The Hall–Kier alpha value is -0.290. The highest BCUT2D eigenvalue weighted by Crippen LogP contribution is 2.25. The third kappa shape index (κ3) is 2.76. The van der Waals surface area contributed by atoms with Gasteiger partial charge in [0.2, 0.25) is 5.91 Å². The first-order valence-electron chi connectivity index (χ1n) is 6.11. The van der Waals surface area contributed by atoms with Crippen molar-refractivity contribution < 1.29 is 13.2 Å². The number of carbonyl (C=O) groups excluding carboxylic acids is 1. The van der Waals surface area contributed by atoms with E-state index in [-0.39, 0.29) is 11.7 Å². The zero-order valence-corrected chi connectivity index (χ0v) is 11.3. The molecule has 0 N–H and O–H groups in total. The number of nitrogens with zero attached hydrogens (tertiary/aromatic N) is 1. The van der Waals surface area contributed by atoms with Crippen LogP contribution in [0.15, 0.2) is 0 Å². The van der Waals surface area contributed by atoms with Gasteiger partial charge in [-0.2, -0.15) is 0 Å². The number of hydrogen-bond acceptors (Lipinski definition) is 3. The highest BCUT2D eigenvalue weighted by atomic mass is 35.5. The predicted octanol–water partition coefficient (Wildman–Crippen LogP) is 1.04. The van der Waals surface area contributed by atoms with E-state index in [0.717, 1.165) is 12.8 Å². The van der Waals surface area contributed by atoms with Crippen LogP contribution in [0.5, 0.6) is 0 Å². The summed E-state index contributed by atoms with van der Waals surface area (Å²) in [5.41, 5.74) is 0. The molecule has 0 aliphatic carbocycles. The number of rotatable bonds is 2. The summed E-state index contributed by atoms with van der Waals surface area (Å²) in [4.78, 5) is 13.9. The van der Waals surface area contributed by atoms with Crippen molar-refractivity contribution in [3.05, 3.63) is 0 Å². The lowest BCUT2D eigenvalue weighted by atomic mass is 10.1. The average Bonchev–Trinajstić information content (AvgIpc) is 2.76. The zero-order valence-electron chi connectivity index (χ0n) is 9.77. The number of halogens is 1. The summed E-state index contributed by atoms with van der Waals surface area (Å²) in [6, 6.07) is 0. The van der Waals surface area contributed by atoms with E-state index in [1.165, 1.54) is 0 Å². The van der Waals surface area contributed by atoms with Crippen LogP contribution in [0.4, 0.5) is 0 Å². The average molecular weight is 280 g/mol. The van der Waals surface area contributed by atoms with E-state index in [1.54, 1.807) is 4.90 Å². The minimum absolute atomic E-state index is 0.163. The summed E-state index contributed by atoms with van der Waals surface area (Å²) in [7, 11) is -3.21. The van der Waals surface area contributed by atoms with Crippen molar-refractivity contribution in [2.24, 2.45) is 5.92 Å². The molecule has 0 aromatic rings. The first-order chi connectivity index (χ1) is 8.04. The third-order valence-corrected chi connectivity index (χ3v) is 6.27. The molecule has 2 aliphatic rings. The molecule has 0 radical (unpaired) electrons. The lowest BCUT2D eigenvalue weighted by Gasteiger charge is -2.26. The van der Waals surface area contributed by atoms with E-state index in [4.69, 9.17) is 11.6 Å². The first kappa shape index (κ1) is 13.1. The molecule has 0 bridgehead atoms. The summed E-state index contributed by atoms with van der Waals surface area (Å²) in [5, 5.41) is -0.787. The van der Waals surface area contributed by atoms with E-state index in [9.17, 15) is 13.2 Å². The normalized spacial score (nSPS) is 32.6. The molecule has 0 saturated carbocycles. The van der Waals surface area contributed by atoms with Crippen molar-refractivity contribution in [3.63, 3.8) is 0 Å². The van der Waals surface area contributed by atoms with Gasteiger partial charge in [-0.25, -0.2) is 8.42 Å². The van der Waals surface area contributed by atoms with Crippen LogP contribution in [0, 0.1) is 5.92 Å². The highest BCUT2D eigenvalue weighted by molar-refractivity contribution is 7.92. The zero-order chi connectivity index (χ0) is 12.5. The maximum Gasteiger partial charge on any atom is 0.240 e. The molecule has 2 fully saturated rings. The Morgan fingerprint density at radius 2 is 2.06 bits per heavy atom. The van der Waals surface area contributed by atoms with Crippen LogP contribution >= 0.6 is 11.6 Å². The molecule has 4 nitrogen and oxygen atoms in total. The molecular formula is C11H18ClNO3S. The largest absolute Gasteiger partial charge is 0.341 e. The monoisotopic (exact) mass is 279 g/mol. The molecular weight excluding hydrogens is 262 g/mol. The summed E-state index contributed by atoms with van der Waals surface area (Å²) in [5.74, 6) is 0.835. The van der Waals surface area contributed by atoms with Gasteiger partial charge in [-0.3, -0.25) is 4.79 Å². The van der Waals surface area contributed by atoms with Crippen molar-refractivity contribution in [1.82, 2.24) is 4.90 Å². The Morgan fingerprint density at radius 3 is 2.65 bits per heavy atom. The van der Waals surface area contributed by atoms with Gasteiger partial charge in [0, 0.05) is 19.0 Å². The van der Waals surface area contributed by atoms with Crippen LogP contribution in [0.1, 0.15) is 25.7 Å². The first-order valence-corrected chi connectivity index (χ1v) is 8.36. The van der Waals surface area contributed by atoms with Gasteiger partial charge in [0.15, 0.2) is 9.84 Å². The summed E-state index contributed by atoms with van der Waals surface area (Å²) >= 11 is 5.76. The molecule has 0 spiro atoms. The van der Waals surface area contributed by atoms with Gasteiger partial charge in [-0.1, -0.05) is 6.42 Å². The van der Waals surface area contributed by atoms with Crippen molar-refractivity contribution in [2.45, 2.75) is 30.9 Å². The SMILES string of the molecule is O=C(C1CCCCS1(=O)=O)N1CCC(CCl)C1. The Morgan fingerprint density at radius 1 is 1.29 bits per heavy atom. The number of likely N-dealkylation sites (tertiary alicyclic amines) is 1. The van der Waals surface area contributed by atoms with Gasteiger partial charge in [-0.05, 0) is 25.2 Å². The van der Waals surface area contributed by atoms with Crippen LogP contribution < -0.4 is 0 Å². The van der Waals surface area contributed by atoms with E-state index in [1.807, 2.05) is 0 Å². The van der Waals surface area contributed by atoms with Crippen LogP contribution in [-0.2, 0) is 14.6 Å². The molecule has 2 unspecified atom stereocenters. The smallest absolute Gasteiger partial charge is 0.240 e. The molecule has 2 atom stereocenters. The summed E-state index contributed by atoms with van der Waals surface area (Å²) < 4.78 is 23.7. The fourth-order valence-electron chi connectivity index (χ4n) is 2.59. The van der Waals surface area contributed by atoms with E-state index < -0.39 is 15.1 Å². The molecule has 2 saturated heterocycles. The van der Waals surface area contributed by atoms with E-state index in [2.05, 4.69) is 0 Å². The van der Waals surface area contributed by atoms with Gasteiger partial charge in [-0.15, -0.1) is 11.6 Å². The van der Waals surface area contributed by atoms with Crippen LogP contribution in [0.2, 0.25) is 0 Å². The molecule has 17 heavy (non-hydrogen) atoms. The molecule has 6 heteroatoms. The minimum atomic E-state index is -3.21. The molecule has 2 aliphatic heterocycles. The van der Waals surface area contributed by atoms with Gasteiger partial charge >= 0.3 is 0 Å². The number of amides is 1. The molecule has 98 valence electrons. The maximum absolute atomic E-state index is 12.2. The Kier molecular flexibility index (Phi) is 3.98.